The minimum atomic E-state index is -4.16. The normalized spacial score (nSPS) is 11.9. The summed E-state index contributed by atoms with van der Waals surface area (Å²) in [6.07, 6.45) is -0.199. The van der Waals surface area contributed by atoms with Gasteiger partial charge in [0, 0.05) is 36.4 Å². The number of hydrogen-bond acceptors (Lipinski definition) is 6. The zero-order chi connectivity index (χ0) is 28.6. The molecule has 0 fully saturated rings. The maximum absolute atomic E-state index is 14.8. The molecular weight excluding hydrogens is 548 g/mol. The summed E-state index contributed by atoms with van der Waals surface area (Å²) in [5.41, 5.74) is 1.03. The van der Waals surface area contributed by atoms with Gasteiger partial charge in [-0.1, -0.05) is 48.5 Å². The third-order valence-electron chi connectivity index (χ3n) is 5.56. The quantitative estimate of drug-likeness (QED) is 0.207. The van der Waals surface area contributed by atoms with E-state index < -0.39 is 40.0 Å². The van der Waals surface area contributed by atoms with Crippen molar-refractivity contribution in [1.29, 1.82) is 0 Å². The Morgan fingerprint density at radius 2 is 1.54 bits per heavy atom. The van der Waals surface area contributed by atoms with Gasteiger partial charge in [0.2, 0.25) is 17.7 Å². The molecule has 3 amide bonds. The van der Waals surface area contributed by atoms with Gasteiger partial charge < -0.3 is 10.6 Å². The number of carbonyl (C=O) groups excluding carboxylic acids is 3. The Labute approximate surface area is 230 Å². The second kappa shape index (κ2) is 13.3. The van der Waals surface area contributed by atoms with Crippen molar-refractivity contribution in [2.24, 2.45) is 0 Å². The fourth-order valence-electron chi connectivity index (χ4n) is 3.73. The highest BCUT2D eigenvalue weighted by atomic mass is 32.2. The predicted octanol–water partition coefficient (Wildman–Crippen LogP) is 3.12. The minimum absolute atomic E-state index is 0.120. The van der Waals surface area contributed by atoms with E-state index in [0.717, 1.165) is 13.0 Å². The van der Waals surface area contributed by atoms with E-state index in [1.54, 1.807) is 24.3 Å². The summed E-state index contributed by atoms with van der Waals surface area (Å²) >= 11 is 4.35. The van der Waals surface area contributed by atoms with E-state index in [-0.39, 0.29) is 45.7 Å². The van der Waals surface area contributed by atoms with Gasteiger partial charge in [0.25, 0.3) is 10.0 Å². The maximum Gasteiger partial charge on any atom is 0.264 e. The van der Waals surface area contributed by atoms with Gasteiger partial charge in [-0.05, 0) is 35.7 Å². The lowest BCUT2D eigenvalue weighted by Crippen LogP contribution is -2.35. The van der Waals surface area contributed by atoms with E-state index in [4.69, 9.17) is 0 Å². The summed E-state index contributed by atoms with van der Waals surface area (Å²) in [6, 6.07) is 16.1. The average Bonchev–Trinajstić information content (AvgIpc) is 2.87. The molecule has 12 heteroatoms. The highest BCUT2D eigenvalue weighted by Gasteiger charge is 2.21. The number of benzene rings is 3. The monoisotopic (exact) mass is 575 g/mol. The first-order chi connectivity index (χ1) is 18.5. The van der Waals surface area contributed by atoms with Crippen LogP contribution in [0, 0.1) is 11.6 Å². The zero-order valence-electron chi connectivity index (χ0n) is 20.9. The number of hydrogen-bond donors (Lipinski definition) is 4. The van der Waals surface area contributed by atoms with Gasteiger partial charge in [0.05, 0.1) is 4.90 Å². The predicted molar refractivity (Wildman–Crippen MR) is 145 cm³/mol. The topological polar surface area (TPSA) is 121 Å². The van der Waals surface area contributed by atoms with Crippen LogP contribution in [0.1, 0.15) is 24.5 Å². The van der Waals surface area contributed by atoms with E-state index in [2.05, 4.69) is 23.3 Å². The van der Waals surface area contributed by atoms with E-state index in [1.807, 2.05) is 4.72 Å². The first-order valence-corrected chi connectivity index (χ1v) is 13.8. The SMILES string of the molecule is CC(=O)NS(=O)(=O)c1ccccc1-c1ccc(CNC(=O)CC(=O)NC[C@H](S)Cc2ccccc2F)c(F)c1. The number of nitrogens with one attached hydrogen (secondary N) is 3. The van der Waals surface area contributed by atoms with Crippen LogP contribution in [0.15, 0.2) is 71.6 Å². The van der Waals surface area contributed by atoms with E-state index in [9.17, 15) is 31.6 Å². The molecular formula is C27H27F2N3O5S2. The molecule has 0 radical (unpaired) electrons. The molecule has 0 unspecified atom stereocenters. The number of thiol groups is 1. The van der Waals surface area contributed by atoms with Crippen LogP contribution in [0.4, 0.5) is 8.78 Å². The van der Waals surface area contributed by atoms with Gasteiger partial charge in [-0.25, -0.2) is 21.9 Å². The minimum Gasteiger partial charge on any atom is -0.355 e. The molecule has 206 valence electrons. The smallest absolute Gasteiger partial charge is 0.264 e. The molecule has 3 N–H and O–H groups in total. The van der Waals surface area contributed by atoms with E-state index in [0.29, 0.717) is 12.0 Å². The lowest BCUT2D eigenvalue weighted by Gasteiger charge is -2.13. The van der Waals surface area contributed by atoms with Crippen LogP contribution >= 0.6 is 12.6 Å². The molecule has 3 aromatic carbocycles. The lowest BCUT2D eigenvalue weighted by molar-refractivity contribution is -0.129. The van der Waals surface area contributed by atoms with Crippen molar-refractivity contribution in [2.45, 2.75) is 36.5 Å². The average molecular weight is 576 g/mol. The van der Waals surface area contributed by atoms with Gasteiger partial charge in [-0.15, -0.1) is 0 Å². The molecule has 3 aromatic rings. The Balaban J connectivity index is 1.55. The molecule has 0 saturated heterocycles. The van der Waals surface area contributed by atoms with Gasteiger partial charge in [-0.3, -0.25) is 14.4 Å². The van der Waals surface area contributed by atoms with Gasteiger partial charge in [0.1, 0.15) is 18.1 Å². The Bertz CT molecular complexity index is 1480. The zero-order valence-corrected chi connectivity index (χ0v) is 22.6. The van der Waals surface area contributed by atoms with Crippen molar-refractivity contribution < 1.29 is 31.6 Å². The second-order valence-electron chi connectivity index (χ2n) is 8.67. The Morgan fingerprint density at radius 1 is 0.872 bits per heavy atom. The fraction of sp³-hybridized carbons (Fsp3) is 0.222. The molecule has 0 aromatic heterocycles. The first kappa shape index (κ1) is 29.8. The summed E-state index contributed by atoms with van der Waals surface area (Å²) < 4.78 is 55.5. The summed E-state index contributed by atoms with van der Waals surface area (Å²) in [6.45, 7) is 0.989. The molecule has 0 saturated carbocycles. The van der Waals surface area contributed by atoms with Gasteiger partial charge in [0.15, 0.2) is 0 Å². The van der Waals surface area contributed by atoms with Gasteiger partial charge in [-0.2, -0.15) is 12.6 Å². The van der Waals surface area contributed by atoms with Crippen molar-refractivity contribution >= 4 is 40.4 Å². The molecule has 0 aliphatic rings. The van der Waals surface area contributed by atoms with Crippen LogP contribution < -0.4 is 15.4 Å². The molecule has 0 heterocycles. The number of carbonyl (C=O) groups is 3. The third-order valence-corrected chi connectivity index (χ3v) is 7.42. The molecule has 0 bridgehead atoms. The van der Waals surface area contributed by atoms with Crippen molar-refractivity contribution in [3.8, 4) is 11.1 Å². The standard InChI is InChI=1S/C27H27F2N3O5S2/c1-17(33)32-39(36,37)25-9-5-3-7-22(25)18-10-11-20(24(29)13-18)15-30-26(34)14-27(35)31-16-21(38)12-19-6-2-4-8-23(19)28/h2-11,13,21,38H,12,14-16H2,1H3,(H,30,34)(H,31,35)(H,32,33)/t21-/m1/s1. The summed E-state index contributed by atoms with van der Waals surface area (Å²) in [4.78, 5) is 35.4. The number of amides is 3. The van der Waals surface area contributed by atoms with Crippen LogP contribution in [-0.2, 0) is 37.4 Å². The van der Waals surface area contributed by atoms with E-state index in [1.165, 1.54) is 36.4 Å². The Hall–Kier alpha value is -3.77. The largest absolute Gasteiger partial charge is 0.355 e. The van der Waals surface area contributed by atoms with Gasteiger partial charge >= 0.3 is 0 Å². The molecule has 0 spiro atoms. The van der Waals surface area contributed by atoms with Crippen LogP contribution in [-0.4, -0.2) is 37.9 Å². The third kappa shape index (κ3) is 8.62. The molecule has 8 nitrogen and oxygen atoms in total. The number of rotatable bonds is 11. The Morgan fingerprint density at radius 3 is 2.23 bits per heavy atom. The van der Waals surface area contributed by atoms with Crippen LogP contribution in [0.3, 0.4) is 0 Å². The molecule has 0 aliphatic heterocycles. The first-order valence-electron chi connectivity index (χ1n) is 11.8. The molecule has 0 aliphatic carbocycles. The summed E-state index contributed by atoms with van der Waals surface area (Å²) in [7, 11) is -4.16. The lowest BCUT2D eigenvalue weighted by atomic mass is 10.0. The molecule has 39 heavy (non-hydrogen) atoms. The second-order valence-corrected chi connectivity index (χ2v) is 11.1. The summed E-state index contributed by atoms with van der Waals surface area (Å²) in [5.74, 6) is -3.01. The van der Waals surface area contributed by atoms with Crippen molar-refractivity contribution in [2.75, 3.05) is 6.54 Å². The fourth-order valence-corrected chi connectivity index (χ4v) is 5.24. The van der Waals surface area contributed by atoms with Crippen molar-refractivity contribution in [1.82, 2.24) is 15.4 Å². The van der Waals surface area contributed by atoms with E-state index >= 15 is 0 Å². The number of sulfonamides is 1. The van der Waals surface area contributed by atoms with Crippen molar-refractivity contribution in [3.63, 3.8) is 0 Å². The number of halogens is 2. The van der Waals surface area contributed by atoms with Crippen LogP contribution in [0.2, 0.25) is 0 Å². The highest BCUT2D eigenvalue weighted by Crippen LogP contribution is 2.28. The molecule has 1 atom stereocenters. The highest BCUT2D eigenvalue weighted by molar-refractivity contribution is 7.90. The molecule has 3 rings (SSSR count). The summed E-state index contributed by atoms with van der Waals surface area (Å²) in [5, 5.41) is 4.68. The van der Waals surface area contributed by atoms with Crippen LogP contribution in [0.25, 0.3) is 11.1 Å². The maximum atomic E-state index is 14.8. The Kier molecular flexibility index (Phi) is 10.2. The van der Waals surface area contributed by atoms with Crippen LogP contribution in [0.5, 0.6) is 0 Å². The van der Waals surface area contributed by atoms with Crippen molar-refractivity contribution in [3.05, 3.63) is 89.5 Å².